The average molecular weight is 312 g/mol. The number of aliphatic hydroxyl groups is 1. The van der Waals surface area contributed by atoms with Crippen molar-refractivity contribution in [2.75, 3.05) is 7.11 Å². The Morgan fingerprint density at radius 2 is 1.96 bits per heavy atom. The molecule has 1 saturated heterocycles. The van der Waals surface area contributed by atoms with Crippen molar-refractivity contribution in [2.45, 2.75) is 18.6 Å². The predicted molar refractivity (Wildman–Crippen MR) is 83.5 cm³/mol. The van der Waals surface area contributed by atoms with Gasteiger partial charge in [-0.1, -0.05) is 36.4 Å². The van der Waals surface area contributed by atoms with Gasteiger partial charge in [0.05, 0.1) is 7.11 Å². The van der Waals surface area contributed by atoms with Crippen molar-refractivity contribution in [3.05, 3.63) is 65.1 Å². The zero-order chi connectivity index (χ0) is 16.6. The van der Waals surface area contributed by atoms with Gasteiger partial charge in [0.1, 0.15) is 23.2 Å². The van der Waals surface area contributed by atoms with E-state index in [1.807, 2.05) is 30.3 Å². The van der Waals surface area contributed by atoms with Crippen molar-refractivity contribution in [1.29, 1.82) is 0 Å². The molecule has 3 rings (SSSR count). The van der Waals surface area contributed by atoms with Crippen molar-refractivity contribution in [1.82, 2.24) is 0 Å². The summed E-state index contributed by atoms with van der Waals surface area (Å²) < 4.78 is 10.5. The normalized spacial score (nSPS) is 29.0. The Balaban J connectivity index is 1.99. The maximum Gasteiger partial charge on any atom is 0.214 e. The minimum absolute atomic E-state index is 0.184. The second-order valence-electron chi connectivity index (χ2n) is 5.41. The molecular weight excluding hydrogens is 296 g/mol. The largest absolute Gasteiger partial charge is 0.507 e. The first kappa shape index (κ1) is 15.2. The molecule has 1 fully saturated rings. The van der Waals surface area contributed by atoms with Gasteiger partial charge in [-0.15, -0.1) is 0 Å². The molecule has 118 valence electrons. The van der Waals surface area contributed by atoms with Crippen LogP contribution in [0.15, 0.2) is 59.6 Å². The fourth-order valence-corrected chi connectivity index (χ4v) is 2.73. The Morgan fingerprint density at radius 1 is 1.30 bits per heavy atom. The molecule has 1 spiro atoms. The molecule has 0 unspecified atom stereocenters. The van der Waals surface area contributed by atoms with Gasteiger partial charge in [-0.05, 0) is 18.6 Å². The summed E-state index contributed by atoms with van der Waals surface area (Å²) in [6, 6.07) is 9.26. The summed E-state index contributed by atoms with van der Waals surface area (Å²) in [6.07, 6.45) is 3.78. The standard InChI is InChI=1S/C18H16O5/c1-11-18(23-11)15(22-2)10-14(20)16(17(18)21)13(19)9-8-12-6-4-3-5-7-12/h3-11,19H,1-2H3/b9-8+,16-13-/t11-,18-/m0/s1. The van der Waals surface area contributed by atoms with E-state index < -0.39 is 23.3 Å². The van der Waals surface area contributed by atoms with Crippen LogP contribution in [0.1, 0.15) is 12.5 Å². The van der Waals surface area contributed by atoms with Crippen molar-refractivity contribution in [3.8, 4) is 0 Å². The Bertz CT molecular complexity index is 757. The lowest BCUT2D eigenvalue weighted by atomic mass is 9.84. The van der Waals surface area contributed by atoms with Gasteiger partial charge in [0, 0.05) is 6.08 Å². The minimum atomic E-state index is -1.27. The number of benzene rings is 1. The molecule has 2 atom stereocenters. The maximum atomic E-state index is 12.6. The van der Waals surface area contributed by atoms with Crippen LogP contribution in [0, 0.1) is 0 Å². The van der Waals surface area contributed by atoms with Crippen molar-refractivity contribution >= 4 is 17.6 Å². The summed E-state index contributed by atoms with van der Waals surface area (Å²) in [4.78, 5) is 24.8. The molecule has 0 radical (unpaired) electrons. The van der Waals surface area contributed by atoms with E-state index in [9.17, 15) is 14.7 Å². The molecule has 5 heteroatoms. The van der Waals surface area contributed by atoms with Crippen LogP contribution in [0.5, 0.6) is 0 Å². The van der Waals surface area contributed by atoms with E-state index in [0.29, 0.717) is 0 Å². The van der Waals surface area contributed by atoms with Gasteiger partial charge in [0.15, 0.2) is 5.78 Å². The Kier molecular flexibility index (Phi) is 3.66. The molecule has 1 N–H and O–H groups in total. The first-order valence-electron chi connectivity index (χ1n) is 7.20. The van der Waals surface area contributed by atoms with Gasteiger partial charge >= 0.3 is 0 Å². The second kappa shape index (κ2) is 5.52. The first-order valence-corrected chi connectivity index (χ1v) is 7.20. The number of carbonyl (C=O) groups excluding carboxylic acids is 2. The zero-order valence-electron chi connectivity index (χ0n) is 12.8. The van der Waals surface area contributed by atoms with E-state index in [1.54, 1.807) is 13.0 Å². The first-order chi connectivity index (χ1) is 11.0. The zero-order valence-corrected chi connectivity index (χ0v) is 12.8. The predicted octanol–water partition coefficient (Wildman–Crippen LogP) is 2.35. The summed E-state index contributed by atoms with van der Waals surface area (Å²) in [7, 11) is 1.38. The van der Waals surface area contributed by atoms with Gasteiger partial charge in [-0.3, -0.25) is 9.59 Å². The number of aliphatic hydroxyl groups excluding tert-OH is 1. The summed E-state index contributed by atoms with van der Waals surface area (Å²) in [5.74, 6) is -1.35. The van der Waals surface area contributed by atoms with Crippen LogP contribution in [0.25, 0.3) is 6.08 Å². The lowest BCUT2D eigenvalue weighted by Crippen LogP contribution is -2.38. The molecular formula is C18H16O5. The molecule has 1 heterocycles. The van der Waals surface area contributed by atoms with Gasteiger partial charge in [0.25, 0.3) is 0 Å². The number of carbonyl (C=O) groups is 2. The summed E-state index contributed by atoms with van der Waals surface area (Å²) in [5, 5.41) is 10.2. The summed E-state index contributed by atoms with van der Waals surface area (Å²) >= 11 is 0. The summed E-state index contributed by atoms with van der Waals surface area (Å²) in [5.41, 5.74) is -0.705. The fourth-order valence-electron chi connectivity index (χ4n) is 2.73. The molecule has 5 nitrogen and oxygen atoms in total. The number of rotatable bonds is 3. The fraction of sp³-hybridized carbons (Fsp3) is 0.222. The van der Waals surface area contributed by atoms with Crippen LogP contribution in [0.2, 0.25) is 0 Å². The highest BCUT2D eigenvalue weighted by atomic mass is 16.6. The van der Waals surface area contributed by atoms with E-state index in [2.05, 4.69) is 0 Å². The van der Waals surface area contributed by atoms with Crippen molar-refractivity contribution in [2.24, 2.45) is 0 Å². The number of hydrogen-bond acceptors (Lipinski definition) is 5. The molecule has 1 aromatic rings. The monoisotopic (exact) mass is 312 g/mol. The SMILES string of the molecule is COC1=CC(=O)/C(=C(O)\C=C\c2ccccc2)C(=O)[C@@]12O[C@H]2C. The Hall–Kier alpha value is -2.66. The van der Waals surface area contributed by atoms with Gasteiger partial charge in [-0.25, -0.2) is 0 Å². The number of epoxide rings is 1. The van der Waals surface area contributed by atoms with E-state index >= 15 is 0 Å². The number of ketones is 2. The molecule has 1 aliphatic carbocycles. The minimum Gasteiger partial charge on any atom is -0.507 e. The van der Waals surface area contributed by atoms with Crippen LogP contribution in [-0.4, -0.2) is 35.5 Å². The van der Waals surface area contributed by atoms with Gasteiger partial charge in [-0.2, -0.15) is 0 Å². The molecule has 0 aromatic heterocycles. The molecule has 0 amide bonds. The number of ether oxygens (including phenoxy) is 2. The highest BCUT2D eigenvalue weighted by Gasteiger charge is 2.67. The lowest BCUT2D eigenvalue weighted by Gasteiger charge is -2.20. The molecule has 1 aliphatic heterocycles. The average Bonchev–Trinajstić information content (AvgIpc) is 3.22. The molecule has 0 bridgehead atoms. The quantitative estimate of drug-likeness (QED) is 0.401. The molecule has 0 saturated carbocycles. The number of methoxy groups -OCH3 is 1. The third-order valence-electron chi connectivity index (χ3n) is 4.03. The van der Waals surface area contributed by atoms with Crippen LogP contribution in [0.4, 0.5) is 0 Å². The van der Waals surface area contributed by atoms with E-state index in [4.69, 9.17) is 9.47 Å². The smallest absolute Gasteiger partial charge is 0.214 e. The van der Waals surface area contributed by atoms with Crippen LogP contribution in [-0.2, 0) is 19.1 Å². The van der Waals surface area contributed by atoms with Crippen molar-refractivity contribution < 1.29 is 24.2 Å². The Morgan fingerprint density at radius 3 is 2.52 bits per heavy atom. The van der Waals surface area contributed by atoms with Crippen LogP contribution >= 0.6 is 0 Å². The topological polar surface area (TPSA) is 76.1 Å². The highest BCUT2D eigenvalue weighted by molar-refractivity contribution is 6.31. The number of allylic oxidation sites excluding steroid dienone is 2. The van der Waals surface area contributed by atoms with E-state index in [1.165, 1.54) is 19.3 Å². The van der Waals surface area contributed by atoms with Crippen molar-refractivity contribution in [3.63, 3.8) is 0 Å². The number of hydrogen-bond donors (Lipinski definition) is 1. The molecule has 23 heavy (non-hydrogen) atoms. The third kappa shape index (κ3) is 2.39. The van der Waals surface area contributed by atoms with E-state index in [0.717, 1.165) is 5.56 Å². The lowest BCUT2D eigenvalue weighted by molar-refractivity contribution is -0.124. The second-order valence-corrected chi connectivity index (χ2v) is 5.41. The number of Topliss-reactive ketones (excluding diaryl/α,β-unsaturated/α-hetero) is 1. The third-order valence-corrected chi connectivity index (χ3v) is 4.03. The Labute approximate surface area is 133 Å². The van der Waals surface area contributed by atoms with Gasteiger partial charge in [0.2, 0.25) is 11.4 Å². The van der Waals surface area contributed by atoms with E-state index in [-0.39, 0.29) is 17.1 Å². The van der Waals surface area contributed by atoms with Crippen LogP contribution in [0.3, 0.4) is 0 Å². The van der Waals surface area contributed by atoms with Crippen LogP contribution < -0.4 is 0 Å². The maximum absolute atomic E-state index is 12.6. The highest BCUT2D eigenvalue weighted by Crippen LogP contribution is 2.48. The van der Waals surface area contributed by atoms with Gasteiger partial charge < -0.3 is 14.6 Å². The molecule has 2 aliphatic rings. The summed E-state index contributed by atoms with van der Waals surface area (Å²) in [6.45, 7) is 1.72. The molecule has 1 aromatic carbocycles.